The van der Waals surface area contributed by atoms with Crippen LogP contribution in [0.25, 0.3) is 0 Å². The second-order valence-electron chi connectivity index (χ2n) is 5.69. The third-order valence-electron chi connectivity index (χ3n) is 4.07. The normalized spacial score (nSPS) is 12.0. The standard InChI is InChI=1S/C19H22O3S/c1-12-10-13(2)19(15(4)20)14(3)16(12)11-23(21)18-9-7-6-8-17(18)22-5/h6-10H,11H2,1-5H3. The van der Waals surface area contributed by atoms with Gasteiger partial charge in [-0.1, -0.05) is 18.2 Å². The average molecular weight is 330 g/mol. The molecule has 1 unspecified atom stereocenters. The third-order valence-corrected chi connectivity index (χ3v) is 5.45. The highest BCUT2D eigenvalue weighted by Gasteiger charge is 2.18. The molecule has 0 bridgehead atoms. The van der Waals surface area contributed by atoms with Gasteiger partial charge in [0.15, 0.2) is 5.78 Å². The summed E-state index contributed by atoms with van der Waals surface area (Å²) >= 11 is 0. The largest absolute Gasteiger partial charge is 0.495 e. The monoisotopic (exact) mass is 330 g/mol. The molecule has 0 aliphatic rings. The molecule has 2 aromatic carbocycles. The van der Waals surface area contributed by atoms with Crippen LogP contribution in [0.2, 0.25) is 0 Å². The second kappa shape index (κ2) is 7.09. The molecular formula is C19H22O3S. The lowest BCUT2D eigenvalue weighted by Gasteiger charge is -2.16. The predicted octanol–water partition coefficient (Wildman–Crippen LogP) is 4.13. The first-order valence-electron chi connectivity index (χ1n) is 7.48. The molecule has 3 nitrogen and oxygen atoms in total. The minimum absolute atomic E-state index is 0.0457. The van der Waals surface area contributed by atoms with Crippen molar-refractivity contribution >= 4 is 16.6 Å². The first-order valence-corrected chi connectivity index (χ1v) is 8.80. The lowest BCUT2D eigenvalue weighted by Crippen LogP contribution is -2.08. The van der Waals surface area contributed by atoms with Gasteiger partial charge in [-0.15, -0.1) is 0 Å². The number of carbonyl (C=O) groups is 1. The van der Waals surface area contributed by atoms with Crippen molar-refractivity contribution in [2.75, 3.05) is 7.11 Å². The summed E-state index contributed by atoms with van der Waals surface area (Å²) in [5.74, 6) is 1.04. The maximum Gasteiger partial charge on any atom is 0.160 e. The molecule has 0 heterocycles. The Kier molecular flexibility index (Phi) is 5.37. The molecule has 2 aromatic rings. The Labute approximate surface area is 140 Å². The fourth-order valence-electron chi connectivity index (χ4n) is 3.01. The molecule has 0 aliphatic carbocycles. The number of ether oxygens (including phenoxy) is 1. The number of Topliss-reactive ketones (excluding diaryl/α,β-unsaturated/α-hetero) is 1. The molecule has 2 rings (SSSR count). The van der Waals surface area contributed by atoms with E-state index in [2.05, 4.69) is 0 Å². The number of carbonyl (C=O) groups excluding carboxylic acids is 1. The fourth-order valence-corrected chi connectivity index (χ4v) is 4.47. The topological polar surface area (TPSA) is 43.4 Å². The van der Waals surface area contributed by atoms with E-state index >= 15 is 0 Å². The number of para-hydroxylation sites is 1. The van der Waals surface area contributed by atoms with Crippen molar-refractivity contribution in [1.82, 2.24) is 0 Å². The van der Waals surface area contributed by atoms with Crippen LogP contribution >= 0.6 is 0 Å². The molecule has 0 spiro atoms. The number of methoxy groups -OCH3 is 1. The highest BCUT2D eigenvalue weighted by molar-refractivity contribution is 7.84. The van der Waals surface area contributed by atoms with E-state index in [4.69, 9.17) is 4.74 Å². The molecule has 1 atom stereocenters. The molecule has 0 N–H and O–H groups in total. The zero-order valence-corrected chi connectivity index (χ0v) is 15.0. The van der Waals surface area contributed by atoms with Crippen LogP contribution in [0.3, 0.4) is 0 Å². The summed E-state index contributed by atoms with van der Waals surface area (Å²) < 4.78 is 18.1. The van der Waals surface area contributed by atoms with Crippen molar-refractivity contribution < 1.29 is 13.7 Å². The smallest absolute Gasteiger partial charge is 0.160 e. The van der Waals surface area contributed by atoms with Crippen molar-refractivity contribution in [3.05, 3.63) is 58.1 Å². The Hall–Kier alpha value is -1.94. The van der Waals surface area contributed by atoms with Crippen LogP contribution in [0, 0.1) is 20.8 Å². The Morgan fingerprint density at radius 1 is 1.13 bits per heavy atom. The second-order valence-corrected chi connectivity index (χ2v) is 7.11. The molecule has 4 heteroatoms. The van der Waals surface area contributed by atoms with Gasteiger partial charge < -0.3 is 4.74 Å². The van der Waals surface area contributed by atoms with Gasteiger partial charge in [0.1, 0.15) is 5.75 Å². The van der Waals surface area contributed by atoms with Gasteiger partial charge in [-0.3, -0.25) is 9.00 Å². The highest BCUT2D eigenvalue weighted by atomic mass is 32.2. The zero-order chi connectivity index (χ0) is 17.1. The molecule has 0 amide bonds. The molecule has 0 aromatic heterocycles. The first kappa shape index (κ1) is 17.4. The Bertz CT molecular complexity index is 778. The maximum absolute atomic E-state index is 12.8. The number of rotatable bonds is 5. The number of ketones is 1. The summed E-state index contributed by atoms with van der Waals surface area (Å²) in [5.41, 5.74) is 4.68. The van der Waals surface area contributed by atoms with E-state index in [1.165, 1.54) is 0 Å². The summed E-state index contributed by atoms with van der Waals surface area (Å²) in [4.78, 5) is 12.6. The van der Waals surface area contributed by atoms with Gasteiger partial charge >= 0.3 is 0 Å². The van der Waals surface area contributed by atoms with Crippen molar-refractivity contribution in [3.63, 3.8) is 0 Å². The van der Waals surface area contributed by atoms with Gasteiger partial charge in [0.2, 0.25) is 0 Å². The minimum atomic E-state index is -1.23. The van der Waals surface area contributed by atoms with Crippen LogP contribution in [0.15, 0.2) is 35.2 Å². The van der Waals surface area contributed by atoms with Crippen LogP contribution in [-0.4, -0.2) is 17.1 Å². The van der Waals surface area contributed by atoms with E-state index < -0.39 is 10.8 Å². The Morgan fingerprint density at radius 3 is 2.39 bits per heavy atom. The molecule has 0 saturated carbocycles. The first-order chi connectivity index (χ1) is 10.9. The number of aryl methyl sites for hydroxylation is 2. The number of hydrogen-bond donors (Lipinski definition) is 0. The van der Waals surface area contributed by atoms with Crippen LogP contribution in [-0.2, 0) is 16.6 Å². The minimum Gasteiger partial charge on any atom is -0.495 e. The summed E-state index contributed by atoms with van der Waals surface area (Å²) in [6.45, 7) is 7.45. The van der Waals surface area contributed by atoms with Crippen molar-refractivity contribution in [1.29, 1.82) is 0 Å². The molecule has 122 valence electrons. The van der Waals surface area contributed by atoms with E-state index in [1.807, 2.05) is 51.1 Å². The summed E-state index contributed by atoms with van der Waals surface area (Å²) in [6, 6.07) is 9.34. The molecule has 0 saturated heterocycles. The van der Waals surface area contributed by atoms with Crippen LogP contribution < -0.4 is 4.74 Å². The molecule has 0 radical (unpaired) electrons. The van der Waals surface area contributed by atoms with Gasteiger partial charge in [0, 0.05) is 5.56 Å². The van der Waals surface area contributed by atoms with Gasteiger partial charge in [0.05, 0.1) is 28.6 Å². The van der Waals surface area contributed by atoms with E-state index in [-0.39, 0.29) is 5.78 Å². The van der Waals surface area contributed by atoms with Crippen LogP contribution in [0.1, 0.15) is 39.5 Å². The summed E-state index contributed by atoms with van der Waals surface area (Å²) in [7, 11) is 0.345. The lowest BCUT2D eigenvalue weighted by atomic mass is 9.92. The maximum atomic E-state index is 12.8. The van der Waals surface area contributed by atoms with Crippen LogP contribution in [0.5, 0.6) is 5.75 Å². The van der Waals surface area contributed by atoms with Gasteiger partial charge in [-0.2, -0.15) is 0 Å². The zero-order valence-electron chi connectivity index (χ0n) is 14.2. The SMILES string of the molecule is COc1ccccc1S(=O)Cc1c(C)cc(C)c(C(C)=O)c1C. The van der Waals surface area contributed by atoms with E-state index in [0.717, 1.165) is 27.8 Å². The van der Waals surface area contributed by atoms with Gasteiger partial charge in [0.25, 0.3) is 0 Å². The van der Waals surface area contributed by atoms with E-state index in [1.54, 1.807) is 14.0 Å². The summed E-state index contributed by atoms with van der Waals surface area (Å²) in [5, 5.41) is 0. The summed E-state index contributed by atoms with van der Waals surface area (Å²) in [6.07, 6.45) is 0. The number of hydrogen-bond acceptors (Lipinski definition) is 3. The molecule has 0 aliphatic heterocycles. The Balaban J connectivity index is 2.46. The van der Waals surface area contributed by atoms with Crippen molar-refractivity contribution in [2.24, 2.45) is 0 Å². The Morgan fingerprint density at radius 2 is 1.78 bits per heavy atom. The highest BCUT2D eigenvalue weighted by Crippen LogP contribution is 2.28. The van der Waals surface area contributed by atoms with Crippen molar-refractivity contribution in [3.8, 4) is 5.75 Å². The van der Waals surface area contributed by atoms with E-state index in [0.29, 0.717) is 16.4 Å². The third kappa shape index (κ3) is 3.53. The predicted molar refractivity (Wildman–Crippen MR) is 93.8 cm³/mol. The average Bonchev–Trinajstić information content (AvgIpc) is 2.50. The van der Waals surface area contributed by atoms with Gasteiger partial charge in [-0.05, 0) is 62.1 Å². The van der Waals surface area contributed by atoms with E-state index in [9.17, 15) is 9.00 Å². The quantitative estimate of drug-likeness (QED) is 0.774. The van der Waals surface area contributed by atoms with Crippen LogP contribution in [0.4, 0.5) is 0 Å². The number of benzene rings is 2. The fraction of sp³-hybridized carbons (Fsp3) is 0.316. The lowest BCUT2D eigenvalue weighted by molar-refractivity contribution is 0.101. The van der Waals surface area contributed by atoms with Gasteiger partial charge in [-0.25, -0.2) is 0 Å². The molecule has 23 heavy (non-hydrogen) atoms. The molecule has 0 fully saturated rings. The molecular weight excluding hydrogens is 308 g/mol. The van der Waals surface area contributed by atoms with Crippen molar-refractivity contribution in [2.45, 2.75) is 38.3 Å².